The fraction of sp³-hybridized carbons (Fsp3) is 0.448. The smallest absolute Gasteiger partial charge is 0.340 e. The SMILES string of the molecule is Cc1ccc(C[C@@H]2CN(CCCc3cn(C)cn3)CCN2C(=O)c2cc(C(F)(F)F)cc(C(F)(F)F)c2)cc1C. The molecule has 4 rings (SSSR count). The molecule has 2 heterocycles. The minimum atomic E-state index is -5.03. The average Bonchev–Trinajstić information content (AvgIpc) is 3.29. The molecule has 0 N–H and O–H groups in total. The zero-order valence-corrected chi connectivity index (χ0v) is 22.6. The second kappa shape index (κ2) is 11.6. The van der Waals surface area contributed by atoms with Crippen molar-refractivity contribution in [2.24, 2.45) is 7.05 Å². The summed E-state index contributed by atoms with van der Waals surface area (Å²) in [7, 11) is 1.90. The Morgan fingerprint density at radius 3 is 2.20 bits per heavy atom. The molecule has 5 nitrogen and oxygen atoms in total. The van der Waals surface area contributed by atoms with Crippen molar-refractivity contribution in [1.82, 2.24) is 19.4 Å². The van der Waals surface area contributed by atoms with E-state index >= 15 is 0 Å². The van der Waals surface area contributed by atoms with Crippen LogP contribution in [-0.4, -0.2) is 57.5 Å². The maximum absolute atomic E-state index is 13.5. The fourth-order valence-corrected chi connectivity index (χ4v) is 5.09. The third-order valence-corrected chi connectivity index (χ3v) is 7.37. The summed E-state index contributed by atoms with van der Waals surface area (Å²) in [5.41, 5.74) is 0.463. The Morgan fingerprint density at radius 2 is 1.62 bits per heavy atom. The molecule has 216 valence electrons. The van der Waals surface area contributed by atoms with Crippen molar-refractivity contribution in [2.45, 2.75) is 51.5 Å². The number of amides is 1. The first-order chi connectivity index (χ1) is 18.7. The van der Waals surface area contributed by atoms with Gasteiger partial charge in [0, 0.05) is 44.5 Å². The standard InChI is InChI=1S/C29H32F6N4O/c1-19-6-7-21(11-20(19)2)12-26-17-38(8-4-5-25-16-37(3)18-36-25)9-10-39(26)27(40)22-13-23(28(30,31)32)15-24(14-22)29(33,34)35/h6-7,11,13-16,18,26H,4-5,8-10,12,17H2,1-3H3/t26-/m1/s1. The summed E-state index contributed by atoms with van der Waals surface area (Å²) in [6.45, 7) is 5.77. The molecule has 1 aliphatic rings. The van der Waals surface area contributed by atoms with Crippen molar-refractivity contribution in [3.05, 3.63) is 88.0 Å². The topological polar surface area (TPSA) is 41.4 Å². The Hall–Kier alpha value is -3.34. The van der Waals surface area contributed by atoms with Gasteiger partial charge in [-0.2, -0.15) is 26.3 Å². The number of rotatable bonds is 7. The van der Waals surface area contributed by atoms with E-state index in [0.717, 1.165) is 41.8 Å². The molecule has 1 aliphatic heterocycles. The summed E-state index contributed by atoms with van der Waals surface area (Å²) < 4.78 is 82.7. The van der Waals surface area contributed by atoms with Crippen LogP contribution < -0.4 is 0 Å². The summed E-state index contributed by atoms with van der Waals surface area (Å²) in [5, 5.41) is 0. The number of piperazine rings is 1. The van der Waals surface area contributed by atoms with Crippen molar-refractivity contribution in [3.8, 4) is 0 Å². The number of alkyl halides is 6. The summed E-state index contributed by atoms with van der Waals surface area (Å²) in [6.07, 6.45) is -4.35. The average molecular weight is 567 g/mol. The largest absolute Gasteiger partial charge is 0.416 e. The lowest BCUT2D eigenvalue weighted by Gasteiger charge is -2.42. The lowest BCUT2D eigenvalue weighted by Crippen LogP contribution is -2.56. The molecule has 1 atom stereocenters. The van der Waals surface area contributed by atoms with Crippen LogP contribution in [0.5, 0.6) is 0 Å². The molecular formula is C29H32F6N4O. The molecule has 3 aromatic rings. The van der Waals surface area contributed by atoms with E-state index in [9.17, 15) is 31.1 Å². The van der Waals surface area contributed by atoms with Gasteiger partial charge >= 0.3 is 12.4 Å². The van der Waals surface area contributed by atoms with E-state index in [-0.39, 0.29) is 12.6 Å². The van der Waals surface area contributed by atoms with Crippen LogP contribution in [-0.2, 0) is 32.2 Å². The van der Waals surface area contributed by atoms with Crippen LogP contribution >= 0.6 is 0 Å². The number of aromatic nitrogens is 2. The van der Waals surface area contributed by atoms with Gasteiger partial charge in [-0.05, 0) is 74.5 Å². The first kappa shape index (κ1) is 29.6. The number of aryl methyl sites for hydroxylation is 4. The second-order valence-electron chi connectivity index (χ2n) is 10.5. The number of carbonyl (C=O) groups excluding carboxylic acids is 1. The first-order valence-electron chi connectivity index (χ1n) is 13.1. The van der Waals surface area contributed by atoms with Gasteiger partial charge in [0.1, 0.15) is 0 Å². The molecule has 1 saturated heterocycles. The molecule has 11 heteroatoms. The Kier molecular flexibility index (Phi) is 8.63. The monoisotopic (exact) mass is 566 g/mol. The van der Waals surface area contributed by atoms with E-state index in [4.69, 9.17) is 0 Å². The number of hydrogen-bond donors (Lipinski definition) is 0. The molecule has 0 saturated carbocycles. The molecule has 1 amide bonds. The highest BCUT2D eigenvalue weighted by atomic mass is 19.4. The molecule has 0 bridgehead atoms. The van der Waals surface area contributed by atoms with Gasteiger partial charge in [-0.15, -0.1) is 0 Å². The normalized spacial score (nSPS) is 16.9. The molecule has 2 aromatic carbocycles. The molecule has 1 fully saturated rings. The Balaban J connectivity index is 1.58. The molecule has 0 radical (unpaired) electrons. The van der Waals surface area contributed by atoms with Crippen LogP contribution in [0.1, 0.15) is 50.3 Å². The van der Waals surface area contributed by atoms with Crippen LogP contribution in [0.25, 0.3) is 0 Å². The molecule has 0 unspecified atom stereocenters. The summed E-state index contributed by atoms with van der Waals surface area (Å²) in [6, 6.07) is 6.56. The van der Waals surface area contributed by atoms with Crippen molar-refractivity contribution in [3.63, 3.8) is 0 Å². The van der Waals surface area contributed by atoms with Crippen LogP contribution in [0.3, 0.4) is 0 Å². The van der Waals surface area contributed by atoms with Crippen LogP contribution in [0.15, 0.2) is 48.9 Å². The lowest BCUT2D eigenvalue weighted by molar-refractivity contribution is -0.143. The highest BCUT2D eigenvalue weighted by Crippen LogP contribution is 2.37. The third-order valence-electron chi connectivity index (χ3n) is 7.37. The van der Waals surface area contributed by atoms with E-state index in [0.29, 0.717) is 31.6 Å². The molecule has 0 spiro atoms. The highest BCUT2D eigenvalue weighted by molar-refractivity contribution is 5.95. The maximum Gasteiger partial charge on any atom is 0.416 e. The van der Waals surface area contributed by atoms with Gasteiger partial charge in [-0.3, -0.25) is 9.69 Å². The summed E-state index contributed by atoms with van der Waals surface area (Å²) in [5.74, 6) is -0.835. The zero-order chi connectivity index (χ0) is 29.2. The number of benzene rings is 2. The van der Waals surface area contributed by atoms with E-state index in [1.807, 2.05) is 49.9 Å². The Morgan fingerprint density at radius 1 is 0.950 bits per heavy atom. The van der Waals surface area contributed by atoms with Crippen LogP contribution in [0, 0.1) is 13.8 Å². The lowest BCUT2D eigenvalue weighted by atomic mass is 9.97. The van der Waals surface area contributed by atoms with Gasteiger partial charge < -0.3 is 9.47 Å². The predicted octanol–water partition coefficient (Wildman–Crippen LogP) is 6.08. The summed E-state index contributed by atoms with van der Waals surface area (Å²) >= 11 is 0. The number of nitrogens with zero attached hydrogens (tertiary/aromatic N) is 4. The second-order valence-corrected chi connectivity index (χ2v) is 10.5. The fourth-order valence-electron chi connectivity index (χ4n) is 5.09. The first-order valence-corrected chi connectivity index (χ1v) is 13.1. The number of carbonyl (C=O) groups is 1. The van der Waals surface area contributed by atoms with Gasteiger partial charge in [0.05, 0.1) is 23.1 Å². The number of halogens is 6. The van der Waals surface area contributed by atoms with Gasteiger partial charge in [-0.1, -0.05) is 18.2 Å². The third kappa shape index (κ3) is 7.24. The number of hydrogen-bond acceptors (Lipinski definition) is 3. The van der Waals surface area contributed by atoms with Crippen molar-refractivity contribution in [1.29, 1.82) is 0 Å². The summed E-state index contributed by atoms with van der Waals surface area (Å²) in [4.78, 5) is 21.5. The molecular weight excluding hydrogens is 534 g/mol. The Bertz CT molecular complexity index is 1310. The van der Waals surface area contributed by atoms with Gasteiger partial charge in [-0.25, -0.2) is 4.98 Å². The minimum Gasteiger partial charge on any atom is -0.340 e. The zero-order valence-electron chi connectivity index (χ0n) is 22.6. The van der Waals surface area contributed by atoms with Crippen molar-refractivity contribution >= 4 is 5.91 Å². The number of imidazole rings is 1. The molecule has 0 aliphatic carbocycles. The Labute approximate surface area is 229 Å². The van der Waals surface area contributed by atoms with Crippen molar-refractivity contribution < 1.29 is 31.1 Å². The minimum absolute atomic E-state index is 0.0445. The van der Waals surface area contributed by atoms with E-state index < -0.39 is 41.0 Å². The molecule has 40 heavy (non-hydrogen) atoms. The van der Waals surface area contributed by atoms with E-state index in [1.54, 1.807) is 6.33 Å². The quantitative estimate of drug-likeness (QED) is 0.326. The van der Waals surface area contributed by atoms with Crippen LogP contribution in [0.4, 0.5) is 26.3 Å². The predicted molar refractivity (Wildman–Crippen MR) is 139 cm³/mol. The maximum atomic E-state index is 13.5. The molecule has 1 aromatic heterocycles. The van der Waals surface area contributed by atoms with Gasteiger partial charge in [0.25, 0.3) is 5.91 Å². The van der Waals surface area contributed by atoms with Gasteiger partial charge in [0.15, 0.2) is 0 Å². The van der Waals surface area contributed by atoms with Crippen LogP contribution in [0.2, 0.25) is 0 Å². The van der Waals surface area contributed by atoms with Gasteiger partial charge in [0.2, 0.25) is 0 Å². The van der Waals surface area contributed by atoms with Crippen molar-refractivity contribution in [2.75, 3.05) is 26.2 Å². The highest BCUT2D eigenvalue weighted by Gasteiger charge is 2.39. The van der Waals surface area contributed by atoms with E-state index in [1.165, 1.54) is 4.90 Å². The van der Waals surface area contributed by atoms with E-state index in [2.05, 4.69) is 9.88 Å².